The van der Waals surface area contributed by atoms with Crippen LogP contribution in [0.15, 0.2) is 21.6 Å². The second-order valence-corrected chi connectivity index (χ2v) is 5.91. The molecule has 0 aromatic carbocycles. The van der Waals surface area contributed by atoms with Gasteiger partial charge in [-0.25, -0.2) is 13.1 Å². The number of nitrogens with one attached hydrogen (secondary N) is 2. The van der Waals surface area contributed by atoms with E-state index in [1.165, 1.54) is 19.2 Å². The molecule has 0 spiro atoms. The molecule has 0 unspecified atom stereocenters. The van der Waals surface area contributed by atoms with E-state index in [0.717, 1.165) is 12.8 Å². The first-order valence-corrected chi connectivity index (χ1v) is 7.40. The van der Waals surface area contributed by atoms with Crippen LogP contribution in [0.5, 0.6) is 0 Å². The van der Waals surface area contributed by atoms with Gasteiger partial charge in [0.25, 0.3) is 15.9 Å². The number of hydrogen-bond acceptors (Lipinski definition) is 5. The molecule has 1 aromatic heterocycles. The van der Waals surface area contributed by atoms with Gasteiger partial charge in [-0.3, -0.25) is 4.79 Å². The van der Waals surface area contributed by atoms with E-state index in [9.17, 15) is 13.2 Å². The lowest BCUT2D eigenvalue weighted by atomic mass is 10.4. The number of amides is 1. The Morgan fingerprint density at radius 2 is 2.21 bits per heavy atom. The summed E-state index contributed by atoms with van der Waals surface area (Å²) in [6.07, 6.45) is 1.68. The van der Waals surface area contributed by atoms with Crippen molar-refractivity contribution in [1.29, 1.82) is 0 Å². The highest BCUT2D eigenvalue weighted by Gasteiger charge is 2.30. The lowest BCUT2D eigenvalue weighted by molar-refractivity contribution is 0.0904. The highest BCUT2D eigenvalue weighted by atomic mass is 32.2. The minimum Gasteiger partial charge on any atom is -0.438 e. The number of furan rings is 1. The van der Waals surface area contributed by atoms with Gasteiger partial charge in [0, 0.05) is 19.7 Å². The van der Waals surface area contributed by atoms with Crippen molar-refractivity contribution in [3.63, 3.8) is 0 Å². The number of carbonyl (C=O) groups is 1. The van der Waals surface area contributed by atoms with Crippen LogP contribution < -0.4 is 10.0 Å². The van der Waals surface area contributed by atoms with E-state index >= 15 is 0 Å². The second kappa shape index (κ2) is 5.72. The summed E-state index contributed by atoms with van der Waals surface area (Å²) in [6.45, 7) is 0.708. The van der Waals surface area contributed by atoms with Crippen LogP contribution in [-0.2, 0) is 14.8 Å². The first kappa shape index (κ1) is 14.0. The Bertz CT molecular complexity index is 547. The zero-order valence-electron chi connectivity index (χ0n) is 10.5. The quantitative estimate of drug-likeness (QED) is 0.693. The normalized spacial score (nSPS) is 15.4. The van der Waals surface area contributed by atoms with Crippen LogP contribution >= 0.6 is 0 Å². The average molecular weight is 288 g/mol. The molecule has 0 bridgehead atoms. The summed E-state index contributed by atoms with van der Waals surface area (Å²) in [6, 6.07) is 2.61. The minimum atomic E-state index is -3.66. The molecule has 0 aliphatic heterocycles. The van der Waals surface area contributed by atoms with Crippen molar-refractivity contribution in [2.75, 3.05) is 20.3 Å². The van der Waals surface area contributed by atoms with Gasteiger partial charge in [0.15, 0.2) is 5.76 Å². The summed E-state index contributed by atoms with van der Waals surface area (Å²) in [5.74, 6) is -0.503. The molecule has 8 heteroatoms. The molecule has 1 heterocycles. The maximum atomic E-state index is 11.8. The van der Waals surface area contributed by atoms with Crippen molar-refractivity contribution in [2.24, 2.45) is 0 Å². The molecule has 0 atom stereocenters. The lowest BCUT2D eigenvalue weighted by Gasteiger charge is -2.02. The standard InChI is InChI=1S/C11H16N2O5S/c1-17-7-6-12-11(14)9-4-5-10(18-9)19(15,16)13-8-2-3-8/h4-5,8,13H,2-3,6-7H2,1H3,(H,12,14). The predicted molar refractivity (Wildman–Crippen MR) is 66.3 cm³/mol. The second-order valence-electron chi connectivity index (χ2n) is 4.26. The van der Waals surface area contributed by atoms with Crippen LogP contribution in [0.25, 0.3) is 0 Å². The Morgan fingerprint density at radius 3 is 2.84 bits per heavy atom. The van der Waals surface area contributed by atoms with Crippen molar-refractivity contribution in [2.45, 2.75) is 24.0 Å². The van der Waals surface area contributed by atoms with E-state index in [4.69, 9.17) is 9.15 Å². The molecule has 19 heavy (non-hydrogen) atoms. The Morgan fingerprint density at radius 1 is 1.47 bits per heavy atom. The lowest BCUT2D eigenvalue weighted by Crippen LogP contribution is -2.27. The molecule has 1 aliphatic carbocycles. The van der Waals surface area contributed by atoms with Gasteiger partial charge < -0.3 is 14.5 Å². The third-order valence-corrected chi connectivity index (χ3v) is 3.95. The number of methoxy groups -OCH3 is 1. The molecule has 1 aliphatic rings. The Labute approximate surface area is 111 Å². The third kappa shape index (κ3) is 3.79. The topological polar surface area (TPSA) is 97.6 Å². The first-order chi connectivity index (χ1) is 9.03. The van der Waals surface area contributed by atoms with Crippen LogP contribution in [0.1, 0.15) is 23.4 Å². The van der Waals surface area contributed by atoms with E-state index in [2.05, 4.69) is 10.0 Å². The fourth-order valence-electron chi connectivity index (χ4n) is 1.42. The summed E-state index contributed by atoms with van der Waals surface area (Å²) in [7, 11) is -2.14. The Balaban J connectivity index is 1.99. The van der Waals surface area contributed by atoms with Crippen molar-refractivity contribution < 1.29 is 22.4 Å². The summed E-state index contributed by atoms with van der Waals surface area (Å²) in [5, 5.41) is 2.31. The first-order valence-electron chi connectivity index (χ1n) is 5.92. The molecule has 2 N–H and O–H groups in total. The average Bonchev–Trinajstić information content (AvgIpc) is 3.00. The van der Waals surface area contributed by atoms with E-state index < -0.39 is 15.9 Å². The molecular weight excluding hydrogens is 272 g/mol. The number of carbonyl (C=O) groups excluding carboxylic acids is 1. The van der Waals surface area contributed by atoms with Gasteiger partial charge in [-0.1, -0.05) is 0 Å². The molecular formula is C11H16N2O5S. The molecule has 0 saturated heterocycles. The minimum absolute atomic E-state index is 0.00548. The van der Waals surface area contributed by atoms with E-state index in [-0.39, 0.29) is 16.9 Å². The van der Waals surface area contributed by atoms with Gasteiger partial charge in [0.1, 0.15) is 0 Å². The smallest absolute Gasteiger partial charge is 0.287 e. The van der Waals surface area contributed by atoms with Crippen molar-refractivity contribution >= 4 is 15.9 Å². The summed E-state index contributed by atoms with van der Waals surface area (Å²) >= 11 is 0. The van der Waals surface area contributed by atoms with Crippen LogP contribution in [0.2, 0.25) is 0 Å². The summed E-state index contributed by atoms with van der Waals surface area (Å²) in [5.41, 5.74) is 0. The SMILES string of the molecule is COCCNC(=O)c1ccc(S(=O)(=O)NC2CC2)o1. The fourth-order valence-corrected chi connectivity index (χ4v) is 2.66. The maximum absolute atomic E-state index is 11.8. The summed E-state index contributed by atoms with van der Waals surface area (Å²) < 4.78 is 36.0. The molecule has 0 radical (unpaired) electrons. The summed E-state index contributed by atoms with van der Waals surface area (Å²) in [4.78, 5) is 11.6. The third-order valence-electron chi connectivity index (χ3n) is 2.56. The van der Waals surface area contributed by atoms with Gasteiger partial charge >= 0.3 is 0 Å². The maximum Gasteiger partial charge on any atom is 0.287 e. The molecule has 1 fully saturated rings. The van der Waals surface area contributed by atoms with Gasteiger partial charge in [-0.2, -0.15) is 0 Å². The van der Waals surface area contributed by atoms with E-state index in [1.807, 2.05) is 0 Å². The molecule has 106 valence electrons. The Kier molecular flexibility index (Phi) is 4.23. The van der Waals surface area contributed by atoms with Crippen molar-refractivity contribution in [3.8, 4) is 0 Å². The highest BCUT2D eigenvalue weighted by molar-refractivity contribution is 7.89. The van der Waals surface area contributed by atoms with Crippen LogP contribution in [-0.4, -0.2) is 40.6 Å². The van der Waals surface area contributed by atoms with Gasteiger partial charge in [-0.15, -0.1) is 0 Å². The van der Waals surface area contributed by atoms with Crippen LogP contribution in [0.4, 0.5) is 0 Å². The number of rotatable bonds is 7. The van der Waals surface area contributed by atoms with Crippen molar-refractivity contribution in [3.05, 3.63) is 17.9 Å². The monoisotopic (exact) mass is 288 g/mol. The molecule has 1 aromatic rings. The van der Waals surface area contributed by atoms with Crippen LogP contribution in [0, 0.1) is 0 Å². The number of sulfonamides is 1. The largest absolute Gasteiger partial charge is 0.438 e. The molecule has 1 amide bonds. The van der Waals surface area contributed by atoms with E-state index in [0.29, 0.717) is 13.2 Å². The molecule has 2 rings (SSSR count). The fraction of sp³-hybridized carbons (Fsp3) is 0.545. The predicted octanol–water partition coefficient (Wildman–Crippen LogP) is 0.0965. The number of ether oxygens (including phenoxy) is 1. The van der Waals surface area contributed by atoms with Gasteiger partial charge in [0.2, 0.25) is 5.09 Å². The molecule has 1 saturated carbocycles. The van der Waals surface area contributed by atoms with Crippen molar-refractivity contribution in [1.82, 2.24) is 10.0 Å². The molecule has 7 nitrogen and oxygen atoms in total. The van der Waals surface area contributed by atoms with Crippen LogP contribution in [0.3, 0.4) is 0 Å². The highest BCUT2D eigenvalue weighted by Crippen LogP contribution is 2.23. The number of hydrogen-bond donors (Lipinski definition) is 2. The zero-order chi connectivity index (χ0) is 13.9. The van der Waals surface area contributed by atoms with E-state index in [1.54, 1.807) is 0 Å². The Hall–Kier alpha value is -1.38. The van der Waals surface area contributed by atoms with Gasteiger partial charge in [0.05, 0.1) is 6.61 Å². The zero-order valence-corrected chi connectivity index (χ0v) is 11.3. The van der Waals surface area contributed by atoms with Gasteiger partial charge in [-0.05, 0) is 25.0 Å².